The van der Waals surface area contributed by atoms with E-state index in [0.717, 1.165) is 18.2 Å². The lowest BCUT2D eigenvalue weighted by Gasteiger charge is -2.14. The van der Waals surface area contributed by atoms with Crippen LogP contribution in [0.5, 0.6) is 0 Å². The average Bonchev–Trinajstić information content (AvgIpc) is 2.40. The van der Waals surface area contributed by atoms with Gasteiger partial charge >= 0.3 is 6.18 Å². The number of hydrogen-bond acceptors (Lipinski definition) is 1. The summed E-state index contributed by atoms with van der Waals surface area (Å²) in [6.45, 7) is 0. The van der Waals surface area contributed by atoms with Crippen molar-refractivity contribution in [2.75, 3.05) is 0 Å². The van der Waals surface area contributed by atoms with Crippen molar-refractivity contribution in [1.82, 2.24) is 0 Å². The summed E-state index contributed by atoms with van der Waals surface area (Å²) >= 11 is 2.97. The van der Waals surface area contributed by atoms with Crippen molar-refractivity contribution in [2.24, 2.45) is 0 Å². The van der Waals surface area contributed by atoms with Gasteiger partial charge in [0.25, 0.3) is 0 Å². The third kappa shape index (κ3) is 3.19. The maximum Gasteiger partial charge on any atom is 0.416 e. The highest BCUT2D eigenvalue weighted by molar-refractivity contribution is 9.10. The van der Waals surface area contributed by atoms with Crippen molar-refractivity contribution in [3.05, 3.63) is 69.4 Å². The maximum absolute atomic E-state index is 13.4. The first-order valence-corrected chi connectivity index (χ1v) is 6.38. The van der Waals surface area contributed by atoms with Gasteiger partial charge in [-0.05, 0) is 51.3 Å². The van der Waals surface area contributed by atoms with Gasteiger partial charge in [0.2, 0.25) is 0 Å². The second-order valence-electron chi connectivity index (χ2n) is 4.20. The molecule has 1 nitrogen and oxygen atoms in total. The maximum atomic E-state index is 13.4. The van der Waals surface area contributed by atoms with Gasteiger partial charge < -0.3 is 5.11 Å². The number of hydrogen-bond donors (Lipinski definition) is 1. The van der Waals surface area contributed by atoms with Gasteiger partial charge in [-0.1, -0.05) is 18.2 Å². The molecule has 106 valence electrons. The van der Waals surface area contributed by atoms with E-state index in [9.17, 15) is 22.7 Å². The van der Waals surface area contributed by atoms with Gasteiger partial charge in [-0.2, -0.15) is 13.2 Å². The van der Waals surface area contributed by atoms with E-state index in [1.165, 1.54) is 24.3 Å². The quantitative estimate of drug-likeness (QED) is 0.780. The average molecular weight is 349 g/mol. The minimum Gasteiger partial charge on any atom is -0.384 e. The van der Waals surface area contributed by atoms with Gasteiger partial charge in [-0.15, -0.1) is 0 Å². The molecule has 0 spiro atoms. The van der Waals surface area contributed by atoms with Crippen molar-refractivity contribution in [2.45, 2.75) is 12.3 Å². The van der Waals surface area contributed by atoms with Gasteiger partial charge in [-0.3, -0.25) is 0 Å². The lowest BCUT2D eigenvalue weighted by Crippen LogP contribution is -2.07. The highest BCUT2D eigenvalue weighted by atomic mass is 79.9. The third-order valence-corrected chi connectivity index (χ3v) is 3.43. The van der Waals surface area contributed by atoms with E-state index in [-0.39, 0.29) is 15.6 Å². The first-order chi connectivity index (χ1) is 9.29. The van der Waals surface area contributed by atoms with E-state index in [1.807, 2.05) is 0 Å². The highest BCUT2D eigenvalue weighted by Crippen LogP contribution is 2.32. The monoisotopic (exact) mass is 348 g/mol. The Morgan fingerprint density at radius 1 is 1.00 bits per heavy atom. The summed E-state index contributed by atoms with van der Waals surface area (Å²) in [6, 6.07) is 8.24. The normalized spacial score (nSPS) is 13.3. The molecule has 0 heterocycles. The molecule has 0 aliphatic heterocycles. The molecule has 2 aromatic carbocycles. The molecule has 2 rings (SSSR count). The van der Waals surface area contributed by atoms with Crippen molar-refractivity contribution >= 4 is 15.9 Å². The topological polar surface area (TPSA) is 20.2 Å². The molecule has 0 radical (unpaired) electrons. The van der Waals surface area contributed by atoms with Crippen LogP contribution in [-0.4, -0.2) is 5.11 Å². The van der Waals surface area contributed by atoms with Crippen molar-refractivity contribution in [1.29, 1.82) is 0 Å². The molecule has 0 bridgehead atoms. The van der Waals surface area contributed by atoms with E-state index < -0.39 is 23.7 Å². The van der Waals surface area contributed by atoms with Gasteiger partial charge in [0.05, 0.1) is 10.0 Å². The number of aliphatic hydroxyl groups is 1. The Morgan fingerprint density at radius 2 is 1.65 bits per heavy atom. The van der Waals surface area contributed by atoms with Gasteiger partial charge in [0.15, 0.2) is 0 Å². The zero-order valence-corrected chi connectivity index (χ0v) is 11.5. The predicted octanol–water partition coefficient (Wildman–Crippen LogP) is 4.69. The van der Waals surface area contributed by atoms with E-state index in [0.29, 0.717) is 0 Å². The van der Waals surface area contributed by atoms with Crippen LogP contribution in [0.15, 0.2) is 46.9 Å². The first kappa shape index (κ1) is 15.0. The Hall–Kier alpha value is -1.40. The molecular formula is C14H9BrF4O. The second-order valence-corrected chi connectivity index (χ2v) is 5.05. The highest BCUT2D eigenvalue weighted by Gasteiger charge is 2.31. The molecule has 6 heteroatoms. The van der Waals surface area contributed by atoms with E-state index in [4.69, 9.17) is 0 Å². The minimum atomic E-state index is -4.49. The first-order valence-electron chi connectivity index (χ1n) is 5.59. The fourth-order valence-electron chi connectivity index (χ4n) is 1.76. The fraction of sp³-hybridized carbons (Fsp3) is 0.143. The van der Waals surface area contributed by atoms with Crippen LogP contribution in [0.3, 0.4) is 0 Å². The largest absolute Gasteiger partial charge is 0.416 e. The third-order valence-electron chi connectivity index (χ3n) is 2.79. The summed E-state index contributed by atoms with van der Waals surface area (Å²) in [4.78, 5) is 0. The summed E-state index contributed by atoms with van der Waals surface area (Å²) in [7, 11) is 0. The minimum absolute atomic E-state index is 0.0570. The van der Waals surface area contributed by atoms with E-state index in [1.54, 1.807) is 0 Å². The van der Waals surface area contributed by atoms with Crippen molar-refractivity contribution in [3.63, 3.8) is 0 Å². The van der Waals surface area contributed by atoms with Crippen LogP contribution in [0, 0.1) is 5.82 Å². The number of halogens is 5. The molecule has 0 aliphatic carbocycles. The lowest BCUT2D eigenvalue weighted by atomic mass is 9.99. The summed E-state index contributed by atoms with van der Waals surface area (Å²) in [5.74, 6) is -0.589. The van der Waals surface area contributed by atoms with Crippen LogP contribution in [0.25, 0.3) is 0 Å². The summed E-state index contributed by atoms with van der Waals surface area (Å²) in [6.07, 6.45) is -5.80. The van der Waals surface area contributed by atoms with Crippen molar-refractivity contribution < 1.29 is 22.7 Å². The number of rotatable bonds is 2. The SMILES string of the molecule is OC(c1cccc(C(F)(F)F)c1)c1ccc(Br)c(F)c1. The summed E-state index contributed by atoms with van der Waals surface area (Å²) in [5.41, 5.74) is -0.613. The molecule has 0 fully saturated rings. The predicted molar refractivity (Wildman–Crippen MR) is 69.6 cm³/mol. The zero-order valence-electron chi connectivity index (χ0n) is 9.96. The van der Waals surface area contributed by atoms with Crippen LogP contribution in [0.2, 0.25) is 0 Å². The second kappa shape index (κ2) is 5.54. The van der Waals surface area contributed by atoms with Crippen LogP contribution >= 0.6 is 15.9 Å². The van der Waals surface area contributed by atoms with E-state index in [2.05, 4.69) is 15.9 Å². The zero-order chi connectivity index (χ0) is 14.9. The molecule has 0 amide bonds. The molecule has 0 saturated carbocycles. The van der Waals surface area contributed by atoms with E-state index >= 15 is 0 Å². The molecular weight excluding hydrogens is 340 g/mol. The Kier molecular flexibility index (Phi) is 4.15. The molecule has 2 aromatic rings. The number of aliphatic hydroxyl groups excluding tert-OH is 1. The lowest BCUT2D eigenvalue weighted by molar-refractivity contribution is -0.137. The van der Waals surface area contributed by atoms with Gasteiger partial charge in [0, 0.05) is 0 Å². The summed E-state index contributed by atoms with van der Waals surface area (Å²) < 4.78 is 51.4. The van der Waals surface area contributed by atoms with Gasteiger partial charge in [-0.25, -0.2) is 4.39 Å². The Bertz CT molecular complexity index is 625. The number of benzene rings is 2. The molecule has 0 saturated heterocycles. The molecule has 1 N–H and O–H groups in total. The van der Waals surface area contributed by atoms with Crippen LogP contribution in [-0.2, 0) is 6.18 Å². The fourth-order valence-corrected chi connectivity index (χ4v) is 2.01. The molecule has 0 aromatic heterocycles. The molecule has 20 heavy (non-hydrogen) atoms. The number of alkyl halides is 3. The molecule has 1 unspecified atom stereocenters. The molecule has 1 atom stereocenters. The Morgan fingerprint density at radius 3 is 2.25 bits per heavy atom. The standard InChI is InChI=1S/C14H9BrF4O/c15-11-5-4-9(7-12(11)16)13(20)8-2-1-3-10(6-8)14(17,18)19/h1-7,13,20H. The Labute approximate surface area is 121 Å². The molecule has 0 aliphatic rings. The summed E-state index contributed by atoms with van der Waals surface area (Å²) in [5, 5.41) is 10.0. The van der Waals surface area contributed by atoms with Crippen LogP contribution < -0.4 is 0 Å². The Balaban J connectivity index is 2.38. The van der Waals surface area contributed by atoms with Crippen LogP contribution in [0.1, 0.15) is 22.8 Å². The van der Waals surface area contributed by atoms with Crippen molar-refractivity contribution in [3.8, 4) is 0 Å². The van der Waals surface area contributed by atoms with Gasteiger partial charge in [0.1, 0.15) is 11.9 Å². The smallest absolute Gasteiger partial charge is 0.384 e. The van der Waals surface area contributed by atoms with Crippen LogP contribution in [0.4, 0.5) is 17.6 Å².